The maximum atomic E-state index is 12.6. The van der Waals surface area contributed by atoms with Crippen molar-refractivity contribution in [1.82, 2.24) is 10.6 Å². The van der Waals surface area contributed by atoms with Crippen molar-refractivity contribution in [3.63, 3.8) is 0 Å². The normalized spacial score (nSPS) is 34.9. The van der Waals surface area contributed by atoms with Crippen LogP contribution in [0.4, 0.5) is 0 Å². The number of rotatable bonds is 7. The first kappa shape index (κ1) is 21.4. The fourth-order valence-electron chi connectivity index (χ4n) is 6.10. The molecule has 3 N–H and O–H groups in total. The van der Waals surface area contributed by atoms with Crippen molar-refractivity contribution in [2.45, 2.75) is 90.3 Å². The summed E-state index contributed by atoms with van der Waals surface area (Å²) in [6, 6.07) is 3.73. The third kappa shape index (κ3) is 4.29. The van der Waals surface area contributed by atoms with Gasteiger partial charge >= 0.3 is 0 Å². The van der Waals surface area contributed by atoms with E-state index in [9.17, 15) is 14.7 Å². The van der Waals surface area contributed by atoms with E-state index in [1.165, 1.54) is 0 Å². The predicted molar refractivity (Wildman–Crippen MR) is 113 cm³/mol. The third-order valence-corrected chi connectivity index (χ3v) is 7.96. The molecular formula is C24H36N2O4. The lowest BCUT2D eigenvalue weighted by Gasteiger charge is -2.50. The van der Waals surface area contributed by atoms with Gasteiger partial charge in [-0.3, -0.25) is 9.59 Å². The number of carbonyl (C=O) groups excluding carboxylic acids is 2. The molecule has 6 heteroatoms. The average Bonchev–Trinajstić information content (AvgIpc) is 3.36. The van der Waals surface area contributed by atoms with Gasteiger partial charge in [0.2, 0.25) is 11.8 Å². The molecule has 3 aliphatic rings. The Hall–Kier alpha value is -1.82. The molecule has 166 valence electrons. The lowest BCUT2D eigenvalue weighted by molar-refractivity contribution is -0.126. The van der Waals surface area contributed by atoms with Crippen molar-refractivity contribution >= 4 is 11.8 Å². The van der Waals surface area contributed by atoms with E-state index in [0.717, 1.165) is 44.3 Å². The molecule has 4 atom stereocenters. The van der Waals surface area contributed by atoms with Gasteiger partial charge in [0.15, 0.2) is 0 Å². The van der Waals surface area contributed by atoms with Crippen LogP contribution in [0.1, 0.15) is 77.9 Å². The van der Waals surface area contributed by atoms with E-state index in [0.29, 0.717) is 19.4 Å². The first-order chi connectivity index (χ1) is 14.1. The molecule has 3 aliphatic carbocycles. The molecule has 0 aliphatic heterocycles. The second kappa shape index (κ2) is 7.70. The molecule has 0 bridgehead atoms. The zero-order valence-corrected chi connectivity index (χ0v) is 18.5. The van der Waals surface area contributed by atoms with Crippen molar-refractivity contribution in [2.75, 3.05) is 0 Å². The van der Waals surface area contributed by atoms with Gasteiger partial charge in [0.25, 0.3) is 0 Å². The highest BCUT2D eigenvalue weighted by Crippen LogP contribution is 2.64. The van der Waals surface area contributed by atoms with Crippen molar-refractivity contribution in [3.05, 3.63) is 24.2 Å². The van der Waals surface area contributed by atoms with Crippen LogP contribution in [0.2, 0.25) is 0 Å². The largest absolute Gasteiger partial charge is 0.467 e. The van der Waals surface area contributed by atoms with E-state index in [1.54, 1.807) is 6.26 Å². The van der Waals surface area contributed by atoms with E-state index < -0.39 is 5.60 Å². The quantitative estimate of drug-likeness (QED) is 0.634. The summed E-state index contributed by atoms with van der Waals surface area (Å²) >= 11 is 0. The van der Waals surface area contributed by atoms with Gasteiger partial charge in [-0.15, -0.1) is 0 Å². The topological polar surface area (TPSA) is 91.6 Å². The van der Waals surface area contributed by atoms with E-state index in [1.807, 2.05) is 19.1 Å². The number of furan rings is 1. The van der Waals surface area contributed by atoms with E-state index in [4.69, 9.17) is 4.42 Å². The van der Waals surface area contributed by atoms with Gasteiger partial charge in [-0.1, -0.05) is 13.8 Å². The Balaban J connectivity index is 1.49. The monoisotopic (exact) mass is 416 g/mol. The summed E-state index contributed by atoms with van der Waals surface area (Å²) in [6.45, 7) is 6.84. The zero-order chi connectivity index (χ0) is 21.6. The lowest BCUT2D eigenvalue weighted by Crippen LogP contribution is -2.53. The molecule has 0 unspecified atom stereocenters. The van der Waals surface area contributed by atoms with E-state index in [2.05, 4.69) is 24.5 Å². The highest BCUT2D eigenvalue weighted by Gasteiger charge is 2.61. The standard InChI is InChI=1S/C24H36N2O4/c1-22(2)14-19(26-21(28)16-6-7-16)24(11-10-23(3,29)13-18(22)24)9-8-20(27)25-15-17-5-4-12-30-17/h4-5,12,16,18-19,29H,6-11,13-15H2,1-3H3,(H,25,27)(H,26,28)/t18-,19-,23-,24-/m0/s1. The minimum Gasteiger partial charge on any atom is -0.467 e. The molecule has 4 rings (SSSR count). The molecule has 0 saturated heterocycles. The van der Waals surface area contributed by atoms with Gasteiger partial charge in [-0.25, -0.2) is 0 Å². The Bertz CT molecular complexity index is 781. The minimum atomic E-state index is -0.678. The third-order valence-electron chi connectivity index (χ3n) is 7.96. The fraction of sp³-hybridized carbons (Fsp3) is 0.750. The minimum absolute atomic E-state index is 0.00818. The average molecular weight is 417 g/mol. The van der Waals surface area contributed by atoms with Crippen LogP contribution < -0.4 is 10.6 Å². The number of carbonyl (C=O) groups is 2. The second-order valence-electron chi connectivity index (χ2n) is 10.9. The van der Waals surface area contributed by atoms with Crippen LogP contribution in [0.3, 0.4) is 0 Å². The Morgan fingerprint density at radius 1 is 1.20 bits per heavy atom. The van der Waals surface area contributed by atoms with Crippen LogP contribution in [0.5, 0.6) is 0 Å². The van der Waals surface area contributed by atoms with Crippen molar-refractivity contribution in [2.24, 2.45) is 22.7 Å². The molecule has 0 spiro atoms. The molecule has 2 amide bonds. The van der Waals surface area contributed by atoms with Gasteiger partial charge in [0.05, 0.1) is 18.4 Å². The number of hydrogen-bond donors (Lipinski definition) is 3. The van der Waals surface area contributed by atoms with Crippen LogP contribution in [0, 0.1) is 22.7 Å². The van der Waals surface area contributed by atoms with Crippen LogP contribution in [-0.4, -0.2) is 28.6 Å². The second-order valence-corrected chi connectivity index (χ2v) is 10.9. The van der Waals surface area contributed by atoms with Gasteiger partial charge in [-0.2, -0.15) is 0 Å². The zero-order valence-electron chi connectivity index (χ0n) is 18.5. The first-order valence-electron chi connectivity index (χ1n) is 11.4. The number of aliphatic hydroxyl groups is 1. The summed E-state index contributed by atoms with van der Waals surface area (Å²) in [5.41, 5.74) is -0.808. The first-order valence-corrected chi connectivity index (χ1v) is 11.4. The molecule has 3 saturated carbocycles. The van der Waals surface area contributed by atoms with E-state index in [-0.39, 0.29) is 40.5 Å². The maximum Gasteiger partial charge on any atom is 0.223 e. The van der Waals surface area contributed by atoms with Crippen LogP contribution in [0.15, 0.2) is 22.8 Å². The van der Waals surface area contributed by atoms with Gasteiger partial charge in [0.1, 0.15) is 5.76 Å². The van der Waals surface area contributed by atoms with Gasteiger partial charge < -0.3 is 20.2 Å². The molecule has 3 fully saturated rings. The Morgan fingerprint density at radius 2 is 1.97 bits per heavy atom. The Labute approximate surface area is 179 Å². The number of fused-ring (bicyclic) bond motifs is 1. The van der Waals surface area contributed by atoms with Crippen LogP contribution >= 0.6 is 0 Å². The van der Waals surface area contributed by atoms with Crippen molar-refractivity contribution < 1.29 is 19.1 Å². The molecule has 0 radical (unpaired) electrons. The number of amides is 2. The van der Waals surface area contributed by atoms with Gasteiger partial charge in [-0.05, 0) is 80.8 Å². The van der Waals surface area contributed by atoms with Crippen LogP contribution in [0.25, 0.3) is 0 Å². The smallest absolute Gasteiger partial charge is 0.223 e. The summed E-state index contributed by atoms with van der Waals surface area (Å²) in [5, 5.41) is 17.2. The summed E-state index contributed by atoms with van der Waals surface area (Å²) in [7, 11) is 0. The van der Waals surface area contributed by atoms with Crippen LogP contribution in [-0.2, 0) is 16.1 Å². The summed E-state index contributed by atoms with van der Waals surface area (Å²) < 4.78 is 5.30. The van der Waals surface area contributed by atoms with Crippen molar-refractivity contribution in [1.29, 1.82) is 0 Å². The molecular weight excluding hydrogens is 380 g/mol. The lowest BCUT2D eigenvalue weighted by atomic mass is 9.57. The Morgan fingerprint density at radius 3 is 2.63 bits per heavy atom. The Kier molecular flexibility index (Phi) is 5.50. The molecule has 1 aromatic rings. The summed E-state index contributed by atoms with van der Waals surface area (Å²) in [6.07, 6.45) is 7.92. The molecule has 0 aromatic carbocycles. The number of nitrogens with one attached hydrogen (secondary N) is 2. The molecule has 30 heavy (non-hydrogen) atoms. The van der Waals surface area contributed by atoms with Crippen molar-refractivity contribution in [3.8, 4) is 0 Å². The fourth-order valence-corrected chi connectivity index (χ4v) is 6.10. The van der Waals surface area contributed by atoms with Gasteiger partial charge in [0, 0.05) is 18.4 Å². The van der Waals surface area contributed by atoms with E-state index >= 15 is 0 Å². The predicted octanol–water partition coefficient (Wildman–Crippen LogP) is 3.54. The molecule has 6 nitrogen and oxygen atoms in total. The highest BCUT2D eigenvalue weighted by molar-refractivity contribution is 5.81. The molecule has 1 heterocycles. The molecule has 1 aromatic heterocycles. The number of hydrogen-bond acceptors (Lipinski definition) is 4. The summed E-state index contributed by atoms with van der Waals surface area (Å²) in [4.78, 5) is 25.3. The maximum absolute atomic E-state index is 12.6. The SMILES string of the molecule is CC1(C)C[C@H](NC(=O)C2CC2)[C@@]2(CCC(=O)NCc3ccco3)CC[C@](C)(O)C[C@@H]12. The highest BCUT2D eigenvalue weighted by atomic mass is 16.3. The summed E-state index contributed by atoms with van der Waals surface area (Å²) in [5.74, 6) is 1.37.